The smallest absolute Gasteiger partial charge is 0.280 e. The summed E-state index contributed by atoms with van der Waals surface area (Å²) in [6.45, 7) is 0.300. The zero-order chi connectivity index (χ0) is 11.5. The second-order valence-corrected chi connectivity index (χ2v) is 3.10. The number of aromatic amines is 1. The van der Waals surface area contributed by atoms with E-state index in [-0.39, 0.29) is 49.4 Å². The number of hydrogen-bond donors (Lipinski definition) is 3. The van der Waals surface area contributed by atoms with Crippen LogP contribution in [0.4, 0.5) is 5.95 Å². The van der Waals surface area contributed by atoms with Gasteiger partial charge < -0.3 is 15.6 Å². The van der Waals surface area contributed by atoms with Gasteiger partial charge in [-0.15, -0.1) is 12.4 Å². The van der Waals surface area contributed by atoms with Gasteiger partial charge in [0.05, 0.1) is 19.5 Å². The SMILES string of the molecule is Cl.Nc1nc2c(ncn2COCCO)c(=O)[nH]1. The highest BCUT2D eigenvalue weighted by molar-refractivity contribution is 5.85. The molecule has 0 aliphatic carbocycles. The Morgan fingerprint density at radius 2 is 2.35 bits per heavy atom. The van der Waals surface area contributed by atoms with E-state index in [1.165, 1.54) is 10.9 Å². The van der Waals surface area contributed by atoms with Crippen LogP contribution in [0.25, 0.3) is 11.2 Å². The molecule has 4 N–H and O–H groups in total. The molecule has 9 heteroatoms. The van der Waals surface area contributed by atoms with Crippen molar-refractivity contribution in [2.45, 2.75) is 6.73 Å². The van der Waals surface area contributed by atoms with Crippen molar-refractivity contribution in [3.63, 3.8) is 0 Å². The third-order valence-corrected chi connectivity index (χ3v) is 1.96. The lowest BCUT2D eigenvalue weighted by Crippen LogP contribution is -2.13. The van der Waals surface area contributed by atoms with Gasteiger partial charge in [0, 0.05) is 0 Å². The summed E-state index contributed by atoms with van der Waals surface area (Å²) in [6.07, 6.45) is 1.43. The predicted octanol–water partition coefficient (Wildman–Crippen LogP) is -0.910. The summed E-state index contributed by atoms with van der Waals surface area (Å²) in [5, 5.41) is 8.56. The van der Waals surface area contributed by atoms with E-state index in [9.17, 15) is 4.79 Å². The Hall–Kier alpha value is -1.64. The number of nitrogens with zero attached hydrogens (tertiary/aromatic N) is 3. The van der Waals surface area contributed by atoms with Gasteiger partial charge in [-0.3, -0.25) is 14.3 Å². The molecule has 0 spiro atoms. The summed E-state index contributed by atoms with van der Waals surface area (Å²) >= 11 is 0. The minimum Gasteiger partial charge on any atom is -0.394 e. The monoisotopic (exact) mass is 261 g/mol. The number of hydrogen-bond acceptors (Lipinski definition) is 6. The summed E-state index contributed by atoms with van der Waals surface area (Å²) in [4.78, 5) is 21.6. The van der Waals surface area contributed by atoms with Gasteiger partial charge in [0.2, 0.25) is 5.95 Å². The number of nitrogens with two attached hydrogens (primary N) is 1. The number of nitrogens with one attached hydrogen (secondary N) is 1. The lowest BCUT2D eigenvalue weighted by molar-refractivity contribution is 0.0499. The number of fused-ring (bicyclic) bond motifs is 1. The van der Waals surface area contributed by atoms with Crippen molar-refractivity contribution >= 4 is 29.5 Å². The number of anilines is 1. The van der Waals surface area contributed by atoms with Crippen molar-refractivity contribution in [2.24, 2.45) is 0 Å². The molecule has 2 heterocycles. The molecule has 0 aliphatic rings. The first kappa shape index (κ1) is 13.4. The molecular weight excluding hydrogens is 250 g/mol. The third kappa shape index (κ3) is 2.73. The fourth-order valence-corrected chi connectivity index (χ4v) is 1.29. The predicted molar refractivity (Wildman–Crippen MR) is 62.8 cm³/mol. The highest BCUT2D eigenvalue weighted by Crippen LogP contribution is 2.05. The van der Waals surface area contributed by atoms with Crippen LogP contribution in [-0.2, 0) is 11.5 Å². The average molecular weight is 262 g/mol. The van der Waals surface area contributed by atoms with E-state index < -0.39 is 0 Å². The summed E-state index contributed by atoms with van der Waals surface area (Å²) in [7, 11) is 0. The Morgan fingerprint density at radius 1 is 1.59 bits per heavy atom. The molecule has 0 atom stereocenters. The first-order valence-electron chi connectivity index (χ1n) is 4.61. The minimum absolute atomic E-state index is 0. The Kier molecular flexibility index (Phi) is 4.44. The molecule has 0 unspecified atom stereocenters. The number of halogens is 1. The molecule has 17 heavy (non-hydrogen) atoms. The minimum atomic E-state index is -0.386. The molecule has 94 valence electrons. The van der Waals surface area contributed by atoms with E-state index in [1.807, 2.05) is 0 Å². The Balaban J connectivity index is 0.00000144. The van der Waals surface area contributed by atoms with Gasteiger partial charge in [-0.25, -0.2) is 4.98 Å². The highest BCUT2D eigenvalue weighted by atomic mass is 35.5. The van der Waals surface area contributed by atoms with Gasteiger partial charge in [0.15, 0.2) is 11.2 Å². The third-order valence-electron chi connectivity index (χ3n) is 1.96. The average Bonchev–Trinajstić information content (AvgIpc) is 2.62. The molecular formula is C8H12ClN5O3. The first-order valence-corrected chi connectivity index (χ1v) is 4.61. The van der Waals surface area contributed by atoms with E-state index in [0.717, 1.165) is 0 Å². The van der Waals surface area contributed by atoms with Gasteiger partial charge in [0.25, 0.3) is 5.56 Å². The molecule has 2 rings (SSSR count). The fraction of sp³-hybridized carbons (Fsp3) is 0.375. The molecule has 0 amide bonds. The Labute approximate surface area is 102 Å². The quantitative estimate of drug-likeness (QED) is 0.613. The van der Waals surface area contributed by atoms with E-state index >= 15 is 0 Å². The largest absolute Gasteiger partial charge is 0.394 e. The van der Waals surface area contributed by atoms with E-state index in [4.69, 9.17) is 15.6 Å². The zero-order valence-electron chi connectivity index (χ0n) is 8.79. The second-order valence-electron chi connectivity index (χ2n) is 3.10. The number of rotatable bonds is 4. The normalized spacial score (nSPS) is 10.4. The first-order chi connectivity index (χ1) is 7.72. The van der Waals surface area contributed by atoms with Crippen LogP contribution in [0.15, 0.2) is 11.1 Å². The van der Waals surface area contributed by atoms with Gasteiger partial charge in [-0.1, -0.05) is 0 Å². The summed E-state index contributed by atoms with van der Waals surface area (Å²) in [5.74, 6) is 0.0291. The van der Waals surface area contributed by atoms with Crippen molar-refractivity contribution in [3.05, 3.63) is 16.7 Å². The highest BCUT2D eigenvalue weighted by Gasteiger charge is 2.08. The van der Waals surface area contributed by atoms with E-state index in [2.05, 4.69) is 15.0 Å². The van der Waals surface area contributed by atoms with Crippen LogP contribution >= 0.6 is 12.4 Å². The van der Waals surface area contributed by atoms with Gasteiger partial charge in [0.1, 0.15) is 6.73 Å². The number of aliphatic hydroxyl groups excluding tert-OH is 1. The van der Waals surface area contributed by atoms with Gasteiger partial charge in [-0.2, -0.15) is 4.98 Å². The molecule has 0 saturated carbocycles. The van der Waals surface area contributed by atoms with Crippen molar-refractivity contribution in [1.29, 1.82) is 0 Å². The van der Waals surface area contributed by atoms with Gasteiger partial charge in [-0.05, 0) is 0 Å². The van der Waals surface area contributed by atoms with E-state index in [0.29, 0.717) is 5.65 Å². The molecule has 0 radical (unpaired) electrons. The number of ether oxygens (including phenoxy) is 1. The summed E-state index contributed by atoms with van der Waals surface area (Å²) in [6, 6.07) is 0. The molecule has 0 bridgehead atoms. The molecule has 0 aromatic carbocycles. The van der Waals surface area contributed by atoms with Crippen molar-refractivity contribution in [1.82, 2.24) is 19.5 Å². The van der Waals surface area contributed by atoms with Crippen LogP contribution in [0.5, 0.6) is 0 Å². The van der Waals surface area contributed by atoms with E-state index in [1.54, 1.807) is 0 Å². The van der Waals surface area contributed by atoms with Crippen molar-refractivity contribution < 1.29 is 9.84 Å². The lowest BCUT2D eigenvalue weighted by Gasteiger charge is -2.03. The standard InChI is InChI=1S/C8H11N5O3.ClH/c9-8-11-6-5(7(15)12-8)10-3-13(6)4-16-2-1-14;/h3,14H,1-2,4H2,(H3,9,11,12,15);1H. The number of aromatic nitrogens is 4. The van der Waals surface area contributed by atoms with Crippen LogP contribution in [0.2, 0.25) is 0 Å². The maximum absolute atomic E-state index is 11.4. The van der Waals surface area contributed by atoms with Crippen LogP contribution in [0.3, 0.4) is 0 Å². The zero-order valence-corrected chi connectivity index (χ0v) is 9.61. The van der Waals surface area contributed by atoms with Gasteiger partial charge >= 0.3 is 0 Å². The van der Waals surface area contributed by atoms with Crippen LogP contribution < -0.4 is 11.3 Å². The fourth-order valence-electron chi connectivity index (χ4n) is 1.29. The van der Waals surface area contributed by atoms with Crippen molar-refractivity contribution in [2.75, 3.05) is 18.9 Å². The van der Waals surface area contributed by atoms with Crippen molar-refractivity contribution in [3.8, 4) is 0 Å². The molecule has 8 nitrogen and oxygen atoms in total. The second kappa shape index (κ2) is 5.62. The molecule has 2 aromatic heterocycles. The molecule has 0 fully saturated rings. The topological polar surface area (TPSA) is 119 Å². The number of aliphatic hydroxyl groups is 1. The molecule has 0 saturated heterocycles. The number of H-pyrrole nitrogens is 1. The number of imidazole rings is 1. The maximum Gasteiger partial charge on any atom is 0.280 e. The van der Waals surface area contributed by atoms with Crippen LogP contribution in [-0.4, -0.2) is 37.8 Å². The molecule has 0 aliphatic heterocycles. The lowest BCUT2D eigenvalue weighted by atomic mass is 10.5. The Bertz CT molecular complexity index is 552. The number of nitrogen functional groups attached to an aromatic ring is 1. The maximum atomic E-state index is 11.4. The summed E-state index contributed by atoms with van der Waals surface area (Å²) < 4.78 is 6.63. The summed E-state index contributed by atoms with van der Waals surface area (Å²) in [5.41, 5.74) is 5.60. The van der Waals surface area contributed by atoms with Crippen LogP contribution in [0.1, 0.15) is 0 Å². The molecule has 2 aromatic rings. The Morgan fingerprint density at radius 3 is 3.06 bits per heavy atom. The van der Waals surface area contributed by atoms with Crippen LogP contribution in [0, 0.1) is 0 Å².